The molecule has 0 spiro atoms. The van der Waals surface area contributed by atoms with Gasteiger partial charge in [-0.25, -0.2) is 0 Å². The highest BCUT2D eigenvalue weighted by atomic mass is 32.2. The molecule has 0 saturated carbocycles. The van der Waals surface area contributed by atoms with Crippen LogP contribution in [0, 0.1) is 0 Å². The van der Waals surface area contributed by atoms with Gasteiger partial charge in [-0.15, -0.1) is 11.8 Å². The molecule has 1 atom stereocenters. The summed E-state index contributed by atoms with van der Waals surface area (Å²) in [5, 5.41) is 12.1. The minimum atomic E-state index is 0.278. The summed E-state index contributed by atoms with van der Waals surface area (Å²) in [6, 6.07) is 9.02. The summed E-state index contributed by atoms with van der Waals surface area (Å²) >= 11 is 1.81. The van der Waals surface area contributed by atoms with Gasteiger partial charge in [0.05, 0.1) is 0 Å². The van der Waals surface area contributed by atoms with E-state index in [1.54, 1.807) is 11.8 Å². The second-order valence-corrected chi connectivity index (χ2v) is 4.95. The number of aliphatic hydroxyl groups is 1. The third kappa shape index (κ3) is 4.56. The molecular formula is C13H21NOS. The standard InChI is InChI=1S/C13H21NOS/c1-3-14-11(2)12-6-4-7-13(10-12)16-9-5-8-15/h4,6-7,10-11,14-15H,3,5,8-9H2,1-2H3. The molecule has 0 aromatic heterocycles. The van der Waals surface area contributed by atoms with E-state index in [0.717, 1.165) is 18.7 Å². The van der Waals surface area contributed by atoms with Gasteiger partial charge < -0.3 is 10.4 Å². The Bertz CT molecular complexity index is 304. The largest absolute Gasteiger partial charge is 0.396 e. The molecule has 0 bridgehead atoms. The van der Waals surface area contributed by atoms with Gasteiger partial charge in [-0.05, 0) is 37.6 Å². The Kier molecular flexibility index (Phi) is 6.53. The molecule has 0 heterocycles. The molecule has 0 saturated heterocycles. The SMILES string of the molecule is CCNC(C)c1cccc(SCCCO)c1. The number of rotatable bonds is 7. The molecule has 0 aliphatic rings. The van der Waals surface area contributed by atoms with E-state index in [-0.39, 0.29) is 6.61 Å². The van der Waals surface area contributed by atoms with Crippen molar-refractivity contribution >= 4 is 11.8 Å². The van der Waals surface area contributed by atoms with Gasteiger partial charge in [0.2, 0.25) is 0 Å². The zero-order chi connectivity index (χ0) is 11.8. The van der Waals surface area contributed by atoms with Crippen molar-refractivity contribution in [2.24, 2.45) is 0 Å². The van der Waals surface area contributed by atoms with E-state index in [1.165, 1.54) is 10.5 Å². The third-order valence-electron chi connectivity index (χ3n) is 2.44. The molecular weight excluding hydrogens is 218 g/mol. The van der Waals surface area contributed by atoms with Crippen LogP contribution in [-0.2, 0) is 0 Å². The average molecular weight is 239 g/mol. The van der Waals surface area contributed by atoms with E-state index >= 15 is 0 Å². The molecule has 1 rings (SSSR count). The fourth-order valence-electron chi connectivity index (χ4n) is 1.55. The first-order valence-corrected chi connectivity index (χ1v) is 6.83. The number of nitrogens with one attached hydrogen (secondary N) is 1. The first-order chi connectivity index (χ1) is 7.77. The van der Waals surface area contributed by atoms with Gasteiger partial charge in [-0.1, -0.05) is 19.1 Å². The van der Waals surface area contributed by atoms with Gasteiger partial charge in [-0.3, -0.25) is 0 Å². The molecule has 2 nitrogen and oxygen atoms in total. The molecule has 1 aromatic carbocycles. The number of thioether (sulfide) groups is 1. The first kappa shape index (κ1) is 13.6. The maximum Gasteiger partial charge on any atom is 0.0439 e. The van der Waals surface area contributed by atoms with Gasteiger partial charge in [0.25, 0.3) is 0 Å². The Morgan fingerprint density at radius 2 is 2.25 bits per heavy atom. The van der Waals surface area contributed by atoms with E-state index in [9.17, 15) is 0 Å². The van der Waals surface area contributed by atoms with Gasteiger partial charge in [0.15, 0.2) is 0 Å². The summed E-state index contributed by atoms with van der Waals surface area (Å²) in [6.45, 7) is 5.57. The first-order valence-electron chi connectivity index (χ1n) is 5.85. The molecule has 0 fully saturated rings. The molecule has 90 valence electrons. The molecule has 0 aliphatic heterocycles. The van der Waals surface area contributed by atoms with Crippen LogP contribution < -0.4 is 5.32 Å². The summed E-state index contributed by atoms with van der Waals surface area (Å²) in [6.07, 6.45) is 0.859. The van der Waals surface area contributed by atoms with Crippen LogP contribution in [0.3, 0.4) is 0 Å². The summed E-state index contributed by atoms with van der Waals surface area (Å²) in [7, 11) is 0. The average Bonchev–Trinajstić information content (AvgIpc) is 2.30. The predicted octanol–water partition coefficient (Wildman–Crippen LogP) is 2.83. The smallest absolute Gasteiger partial charge is 0.0439 e. The van der Waals surface area contributed by atoms with E-state index in [4.69, 9.17) is 5.11 Å². The summed E-state index contributed by atoms with van der Waals surface area (Å²) in [5.41, 5.74) is 1.33. The third-order valence-corrected chi connectivity index (χ3v) is 3.52. The highest BCUT2D eigenvalue weighted by molar-refractivity contribution is 7.99. The molecule has 1 unspecified atom stereocenters. The van der Waals surface area contributed by atoms with Crippen molar-refractivity contribution in [1.82, 2.24) is 5.32 Å². The van der Waals surface area contributed by atoms with Gasteiger partial charge in [0, 0.05) is 23.3 Å². The number of benzene rings is 1. The number of aliphatic hydroxyl groups excluding tert-OH is 1. The lowest BCUT2D eigenvalue weighted by Crippen LogP contribution is -2.17. The zero-order valence-corrected chi connectivity index (χ0v) is 10.9. The van der Waals surface area contributed by atoms with Crippen LogP contribution in [0.5, 0.6) is 0 Å². The Labute approximate surface area is 102 Å². The minimum Gasteiger partial charge on any atom is -0.396 e. The van der Waals surface area contributed by atoms with E-state index in [0.29, 0.717) is 6.04 Å². The van der Waals surface area contributed by atoms with Crippen molar-refractivity contribution in [3.8, 4) is 0 Å². The Morgan fingerprint density at radius 1 is 1.44 bits per heavy atom. The molecule has 1 aromatic rings. The fraction of sp³-hybridized carbons (Fsp3) is 0.538. The van der Waals surface area contributed by atoms with E-state index in [1.807, 2.05) is 0 Å². The maximum atomic E-state index is 8.73. The number of hydrogen-bond donors (Lipinski definition) is 2. The minimum absolute atomic E-state index is 0.278. The van der Waals surface area contributed by atoms with Crippen LogP contribution in [0.15, 0.2) is 29.2 Å². The molecule has 3 heteroatoms. The lowest BCUT2D eigenvalue weighted by atomic mass is 10.1. The van der Waals surface area contributed by atoms with Crippen molar-refractivity contribution in [1.29, 1.82) is 0 Å². The monoisotopic (exact) mass is 239 g/mol. The van der Waals surface area contributed by atoms with Gasteiger partial charge in [0.1, 0.15) is 0 Å². The lowest BCUT2D eigenvalue weighted by molar-refractivity contribution is 0.296. The lowest BCUT2D eigenvalue weighted by Gasteiger charge is -2.13. The summed E-state index contributed by atoms with van der Waals surface area (Å²) < 4.78 is 0. The van der Waals surface area contributed by atoms with Crippen LogP contribution >= 0.6 is 11.8 Å². The molecule has 0 amide bonds. The topological polar surface area (TPSA) is 32.3 Å². The van der Waals surface area contributed by atoms with Crippen LogP contribution in [0.2, 0.25) is 0 Å². The van der Waals surface area contributed by atoms with Crippen LogP contribution in [0.1, 0.15) is 31.9 Å². The molecule has 2 N–H and O–H groups in total. The predicted molar refractivity (Wildman–Crippen MR) is 71.0 cm³/mol. The van der Waals surface area contributed by atoms with Crippen molar-refractivity contribution < 1.29 is 5.11 Å². The van der Waals surface area contributed by atoms with Crippen LogP contribution in [0.4, 0.5) is 0 Å². The molecule has 16 heavy (non-hydrogen) atoms. The molecule has 0 radical (unpaired) electrons. The van der Waals surface area contributed by atoms with Gasteiger partial charge in [-0.2, -0.15) is 0 Å². The highest BCUT2D eigenvalue weighted by Crippen LogP contribution is 2.22. The second-order valence-electron chi connectivity index (χ2n) is 3.78. The van der Waals surface area contributed by atoms with E-state index < -0.39 is 0 Å². The summed E-state index contributed by atoms with van der Waals surface area (Å²) in [5.74, 6) is 0.982. The normalized spacial score (nSPS) is 12.7. The summed E-state index contributed by atoms with van der Waals surface area (Å²) in [4.78, 5) is 1.29. The maximum absolute atomic E-state index is 8.73. The van der Waals surface area contributed by atoms with Crippen LogP contribution in [-0.4, -0.2) is 24.0 Å². The quantitative estimate of drug-likeness (QED) is 0.567. The second kappa shape index (κ2) is 7.71. The Hall–Kier alpha value is -0.510. The van der Waals surface area contributed by atoms with Gasteiger partial charge >= 0.3 is 0 Å². The fourth-order valence-corrected chi connectivity index (χ4v) is 2.46. The zero-order valence-electron chi connectivity index (χ0n) is 10.1. The van der Waals surface area contributed by atoms with Crippen molar-refractivity contribution in [2.45, 2.75) is 31.2 Å². The van der Waals surface area contributed by atoms with E-state index in [2.05, 4.69) is 43.4 Å². The van der Waals surface area contributed by atoms with Crippen molar-refractivity contribution in [2.75, 3.05) is 18.9 Å². The van der Waals surface area contributed by atoms with Crippen LogP contribution in [0.25, 0.3) is 0 Å². The number of hydrogen-bond acceptors (Lipinski definition) is 3. The van der Waals surface area contributed by atoms with Crippen molar-refractivity contribution in [3.05, 3.63) is 29.8 Å². The van der Waals surface area contributed by atoms with Crippen molar-refractivity contribution in [3.63, 3.8) is 0 Å². The Morgan fingerprint density at radius 3 is 2.94 bits per heavy atom. The Balaban J connectivity index is 2.56. The highest BCUT2D eigenvalue weighted by Gasteiger charge is 2.04. The molecule has 0 aliphatic carbocycles.